The Morgan fingerprint density at radius 2 is 1.77 bits per heavy atom. The number of benzene rings is 2. The van der Waals surface area contributed by atoms with E-state index >= 15 is 0 Å². The fraction of sp³-hybridized carbons (Fsp3) is 0.0556. The van der Waals surface area contributed by atoms with Gasteiger partial charge in [0.05, 0.1) is 10.6 Å². The van der Waals surface area contributed by atoms with E-state index in [9.17, 15) is 14.9 Å². The number of amides is 1. The molecule has 0 aliphatic carbocycles. The van der Waals surface area contributed by atoms with Gasteiger partial charge in [-0.15, -0.1) is 0 Å². The third-order valence-corrected chi connectivity index (χ3v) is 3.51. The van der Waals surface area contributed by atoms with Crippen LogP contribution in [-0.2, 0) is 11.3 Å². The van der Waals surface area contributed by atoms with Crippen LogP contribution in [-0.4, -0.2) is 20.9 Å². The molecule has 0 fully saturated rings. The highest BCUT2D eigenvalue weighted by molar-refractivity contribution is 5.70. The Hall–Kier alpha value is -3.81. The van der Waals surface area contributed by atoms with E-state index in [0.717, 1.165) is 5.56 Å². The molecule has 0 atom stereocenters. The quantitative estimate of drug-likeness (QED) is 0.650. The summed E-state index contributed by atoms with van der Waals surface area (Å²) in [7, 11) is 0. The molecule has 3 rings (SSSR count). The SMILES string of the molecule is O=C(OCc1ccccc1)N1C=CN(Nc2cccc([N+](=O)[O-])c2)C=C1. The Morgan fingerprint density at radius 3 is 2.46 bits per heavy atom. The second-order valence-electron chi connectivity index (χ2n) is 5.37. The van der Waals surface area contributed by atoms with E-state index in [4.69, 9.17) is 4.74 Å². The van der Waals surface area contributed by atoms with Crippen LogP contribution in [0.15, 0.2) is 79.4 Å². The minimum Gasteiger partial charge on any atom is -0.444 e. The second kappa shape index (κ2) is 7.84. The lowest BCUT2D eigenvalue weighted by atomic mass is 10.2. The van der Waals surface area contributed by atoms with E-state index in [1.807, 2.05) is 30.3 Å². The van der Waals surface area contributed by atoms with Crippen molar-refractivity contribution in [1.82, 2.24) is 9.91 Å². The number of nitro benzene ring substituents is 1. The molecule has 1 heterocycles. The molecule has 8 heteroatoms. The lowest BCUT2D eigenvalue weighted by Gasteiger charge is -2.24. The van der Waals surface area contributed by atoms with Gasteiger partial charge in [0.2, 0.25) is 0 Å². The number of rotatable bonds is 5. The van der Waals surface area contributed by atoms with Crippen LogP contribution in [0.4, 0.5) is 16.2 Å². The van der Waals surface area contributed by atoms with Gasteiger partial charge >= 0.3 is 6.09 Å². The number of hydrogen-bond donors (Lipinski definition) is 1. The predicted molar refractivity (Wildman–Crippen MR) is 95.3 cm³/mol. The molecule has 0 aromatic heterocycles. The Balaban J connectivity index is 1.53. The van der Waals surface area contributed by atoms with E-state index in [-0.39, 0.29) is 12.3 Å². The molecule has 132 valence electrons. The summed E-state index contributed by atoms with van der Waals surface area (Å²) in [5.41, 5.74) is 4.41. The van der Waals surface area contributed by atoms with E-state index in [2.05, 4.69) is 5.43 Å². The lowest BCUT2D eigenvalue weighted by Crippen LogP contribution is -2.28. The highest BCUT2D eigenvalue weighted by Gasteiger charge is 2.14. The number of hydrazine groups is 1. The fourth-order valence-corrected chi connectivity index (χ4v) is 2.21. The summed E-state index contributed by atoms with van der Waals surface area (Å²) in [6.07, 6.45) is 5.75. The maximum absolute atomic E-state index is 12.0. The van der Waals surface area contributed by atoms with Gasteiger partial charge in [0.1, 0.15) is 6.61 Å². The molecule has 0 saturated carbocycles. The van der Waals surface area contributed by atoms with Crippen LogP contribution in [0.25, 0.3) is 0 Å². The number of carbonyl (C=O) groups is 1. The molecule has 0 saturated heterocycles. The minimum absolute atomic E-state index is 0.00825. The summed E-state index contributed by atoms with van der Waals surface area (Å²) in [4.78, 5) is 23.7. The number of ether oxygens (including phenoxy) is 1. The summed E-state index contributed by atoms with van der Waals surface area (Å²) in [5.74, 6) is 0. The van der Waals surface area contributed by atoms with Crippen LogP contribution in [0.3, 0.4) is 0 Å². The number of nitro groups is 1. The highest BCUT2D eigenvalue weighted by atomic mass is 16.6. The molecule has 2 aromatic rings. The molecule has 0 radical (unpaired) electrons. The van der Waals surface area contributed by atoms with Gasteiger partial charge in [0, 0.05) is 36.9 Å². The Bertz CT molecular complexity index is 837. The third kappa shape index (κ3) is 4.38. The smallest absolute Gasteiger partial charge is 0.418 e. The first-order valence-corrected chi connectivity index (χ1v) is 7.77. The molecule has 0 unspecified atom stereocenters. The standard InChI is InChI=1S/C18H16N4O4/c23-18(26-14-15-5-2-1-3-6-15)20-9-11-21(12-10-20)19-16-7-4-8-17(13-16)22(24)25/h1-13,19H,14H2. The van der Waals surface area contributed by atoms with Gasteiger partial charge in [-0.2, -0.15) is 0 Å². The van der Waals surface area contributed by atoms with Crippen LogP contribution in [0.2, 0.25) is 0 Å². The van der Waals surface area contributed by atoms with Crippen LogP contribution < -0.4 is 5.43 Å². The molecule has 8 nitrogen and oxygen atoms in total. The van der Waals surface area contributed by atoms with Gasteiger partial charge in [0.15, 0.2) is 0 Å². The zero-order chi connectivity index (χ0) is 18.4. The van der Waals surface area contributed by atoms with Crippen molar-refractivity contribution in [1.29, 1.82) is 0 Å². The topological polar surface area (TPSA) is 88.0 Å². The van der Waals surface area contributed by atoms with Gasteiger partial charge < -0.3 is 4.74 Å². The van der Waals surface area contributed by atoms with Crippen molar-refractivity contribution >= 4 is 17.5 Å². The predicted octanol–water partition coefficient (Wildman–Crippen LogP) is 3.82. The van der Waals surface area contributed by atoms with Crippen LogP contribution >= 0.6 is 0 Å². The summed E-state index contributed by atoms with van der Waals surface area (Å²) in [6, 6.07) is 15.5. The van der Waals surface area contributed by atoms with Gasteiger partial charge in [-0.3, -0.25) is 25.4 Å². The van der Waals surface area contributed by atoms with Crippen molar-refractivity contribution in [2.45, 2.75) is 6.61 Å². The number of hydrogen-bond acceptors (Lipinski definition) is 6. The van der Waals surface area contributed by atoms with Crippen molar-refractivity contribution in [2.75, 3.05) is 5.43 Å². The molecule has 1 N–H and O–H groups in total. The molecular weight excluding hydrogens is 336 g/mol. The summed E-state index contributed by atoms with van der Waals surface area (Å²) in [6.45, 7) is 0.188. The van der Waals surface area contributed by atoms with Crippen molar-refractivity contribution in [3.05, 3.63) is 95.1 Å². The van der Waals surface area contributed by atoms with Crippen molar-refractivity contribution in [3.8, 4) is 0 Å². The number of non-ortho nitro benzene ring substituents is 1. The number of carbonyl (C=O) groups excluding carboxylic acids is 1. The molecule has 1 aliphatic rings. The number of anilines is 1. The van der Waals surface area contributed by atoms with Crippen LogP contribution in [0, 0.1) is 10.1 Å². The van der Waals surface area contributed by atoms with Crippen molar-refractivity contribution < 1.29 is 14.5 Å². The van der Waals surface area contributed by atoms with Gasteiger partial charge in [-0.25, -0.2) is 4.79 Å². The average molecular weight is 352 g/mol. The first-order chi connectivity index (χ1) is 12.6. The van der Waals surface area contributed by atoms with E-state index in [0.29, 0.717) is 5.69 Å². The lowest BCUT2D eigenvalue weighted by molar-refractivity contribution is -0.384. The maximum Gasteiger partial charge on any atom is 0.418 e. The van der Waals surface area contributed by atoms with Gasteiger partial charge in [0.25, 0.3) is 5.69 Å². The molecule has 2 aromatic carbocycles. The minimum atomic E-state index is -0.503. The largest absolute Gasteiger partial charge is 0.444 e. The fourth-order valence-electron chi connectivity index (χ4n) is 2.21. The maximum atomic E-state index is 12.0. The average Bonchev–Trinajstić information content (AvgIpc) is 2.68. The van der Waals surface area contributed by atoms with E-state index in [1.54, 1.807) is 29.5 Å². The van der Waals surface area contributed by atoms with Gasteiger partial charge in [-0.1, -0.05) is 36.4 Å². The van der Waals surface area contributed by atoms with Gasteiger partial charge in [-0.05, 0) is 11.6 Å². The Labute approximate surface area is 149 Å². The highest BCUT2D eigenvalue weighted by Crippen LogP contribution is 2.18. The van der Waals surface area contributed by atoms with E-state index in [1.165, 1.54) is 29.4 Å². The normalized spacial score (nSPS) is 12.8. The molecule has 0 spiro atoms. The first kappa shape index (κ1) is 17.0. The molecule has 0 bridgehead atoms. The first-order valence-electron chi connectivity index (χ1n) is 7.77. The zero-order valence-electron chi connectivity index (χ0n) is 13.7. The Kier molecular flexibility index (Phi) is 5.14. The number of nitrogens with zero attached hydrogens (tertiary/aromatic N) is 3. The molecule has 26 heavy (non-hydrogen) atoms. The summed E-state index contributed by atoms with van der Waals surface area (Å²) < 4.78 is 5.23. The van der Waals surface area contributed by atoms with E-state index < -0.39 is 11.0 Å². The van der Waals surface area contributed by atoms with Crippen molar-refractivity contribution in [2.24, 2.45) is 0 Å². The zero-order valence-corrected chi connectivity index (χ0v) is 13.7. The summed E-state index contributed by atoms with van der Waals surface area (Å²) >= 11 is 0. The molecular formula is C18H16N4O4. The molecule has 1 amide bonds. The molecule has 1 aliphatic heterocycles. The monoisotopic (exact) mass is 352 g/mol. The number of nitrogens with one attached hydrogen (secondary N) is 1. The third-order valence-electron chi connectivity index (χ3n) is 3.51. The Morgan fingerprint density at radius 1 is 1.04 bits per heavy atom. The summed E-state index contributed by atoms with van der Waals surface area (Å²) in [5, 5.41) is 12.4. The van der Waals surface area contributed by atoms with Crippen LogP contribution in [0.1, 0.15) is 5.56 Å². The van der Waals surface area contributed by atoms with Crippen LogP contribution in [0.5, 0.6) is 0 Å². The van der Waals surface area contributed by atoms with Crippen molar-refractivity contribution in [3.63, 3.8) is 0 Å². The second-order valence-corrected chi connectivity index (χ2v) is 5.37.